The van der Waals surface area contributed by atoms with Gasteiger partial charge in [-0.25, -0.2) is 14.6 Å². The first-order chi connectivity index (χ1) is 35.7. The number of hydrogen-bond acceptors (Lipinski definition) is 15. The number of primary amides is 1. The van der Waals surface area contributed by atoms with Gasteiger partial charge in [0.2, 0.25) is 30.4 Å². The van der Waals surface area contributed by atoms with Crippen molar-refractivity contribution in [2.24, 2.45) is 5.73 Å². The summed E-state index contributed by atoms with van der Waals surface area (Å²) in [5.74, 6) is -0.0395. The average molecular weight is 1040 g/mol. The second kappa shape index (κ2) is 27.0. The molecule has 2 aromatic carbocycles. The summed E-state index contributed by atoms with van der Waals surface area (Å²) < 4.78 is 25.0. The van der Waals surface area contributed by atoms with E-state index in [1.165, 1.54) is 11.3 Å². The number of amides is 7. The first kappa shape index (κ1) is 55.8. The van der Waals surface area contributed by atoms with Crippen LogP contribution in [-0.4, -0.2) is 102 Å². The van der Waals surface area contributed by atoms with Gasteiger partial charge in [0.15, 0.2) is 11.5 Å². The average Bonchev–Trinajstić information content (AvgIpc) is 4.10. The maximum absolute atomic E-state index is 13.1. The van der Waals surface area contributed by atoms with Crippen molar-refractivity contribution in [3.63, 3.8) is 0 Å². The number of fused-ring (bicyclic) bond motifs is 6. The van der Waals surface area contributed by atoms with Crippen LogP contribution in [0.1, 0.15) is 119 Å². The summed E-state index contributed by atoms with van der Waals surface area (Å²) in [7, 11) is 1.69. The number of nitrogens with one attached hydrogen (secondary N) is 5. The van der Waals surface area contributed by atoms with Crippen LogP contribution in [0, 0.1) is 4.64 Å². The van der Waals surface area contributed by atoms with Crippen LogP contribution in [0.5, 0.6) is 11.5 Å². The molecule has 21 nitrogen and oxygen atoms in total. The number of benzene rings is 2. The van der Waals surface area contributed by atoms with Gasteiger partial charge in [-0.05, 0) is 80.1 Å². The first-order valence-corrected chi connectivity index (χ1v) is 25.4. The summed E-state index contributed by atoms with van der Waals surface area (Å²) in [5.41, 5.74) is 12.0. The van der Waals surface area contributed by atoms with Gasteiger partial charge in [-0.15, -0.1) is 0 Å². The number of imide groups is 1. The number of anilines is 1. The van der Waals surface area contributed by atoms with Crippen LogP contribution >= 0.6 is 12.2 Å². The quantitative estimate of drug-likeness (QED) is 0.0174. The van der Waals surface area contributed by atoms with Gasteiger partial charge in [0.05, 0.1) is 42.0 Å². The number of nitrogens with two attached hydrogens (primary N) is 1. The van der Waals surface area contributed by atoms with E-state index in [9.17, 15) is 38.4 Å². The van der Waals surface area contributed by atoms with E-state index in [1.54, 1.807) is 31.3 Å². The molecule has 1 saturated heterocycles. The number of alkyl carbamates (subject to hydrolysis) is 1. The molecule has 1 fully saturated rings. The van der Waals surface area contributed by atoms with Crippen molar-refractivity contribution in [3.8, 4) is 22.9 Å². The van der Waals surface area contributed by atoms with Gasteiger partial charge in [-0.1, -0.05) is 58.0 Å². The standard InChI is InChI=1S/C37H39N7O8S.C12H18N2O4.C3H8/c1-3-21-22-11-29-32-25(15-44(29)34(53)26(22)17-49-35(21)46)24(23-12-30-31(52-18-51-30)13-28(23)43-32)14-41-37(48)50-16-19-6-8-20(9-7-19)42-33(45)27(39-2)5-4-10-40-36(38)47;15-9-7-13-10(16)4-2-1-3-8-14-11(17)5-6-12(14)18;1-3-2/h6-9,11-13,21,27,39H,3-5,10,14-18H2,1-2H3,(H,41,48)(H,42,45)(H3,38,40,47);9H,1-8H2,(H,13,16);3H2,1-2H3. The maximum atomic E-state index is 13.1. The Morgan fingerprint density at radius 3 is 2.31 bits per heavy atom. The van der Waals surface area contributed by atoms with Crippen molar-refractivity contribution in [1.29, 1.82) is 0 Å². The van der Waals surface area contributed by atoms with E-state index in [2.05, 4.69) is 40.4 Å². The van der Waals surface area contributed by atoms with Crippen molar-refractivity contribution in [1.82, 2.24) is 35.7 Å². The molecule has 0 saturated carbocycles. The minimum Gasteiger partial charge on any atom is -0.460 e. The third-order valence-electron chi connectivity index (χ3n) is 12.6. The lowest BCUT2D eigenvalue weighted by Gasteiger charge is -2.25. The number of ether oxygens (including phenoxy) is 4. The SMILES string of the molecule is CCC.CCC1C(=O)OCc2c1cc1n(c2=S)Cc2c-1nc1cc3c(cc1c2CNC(=O)OCc1ccc(NC(=O)C(CCCNC(N)=O)NC)cc1)OCO3.O=CCNC(=O)CCCCCN1C(=O)CCC1=O. The summed E-state index contributed by atoms with van der Waals surface area (Å²) in [4.78, 5) is 99.4. The minimum atomic E-state index is -0.617. The van der Waals surface area contributed by atoms with E-state index < -0.39 is 24.1 Å². The molecule has 22 heteroatoms. The highest BCUT2D eigenvalue weighted by atomic mass is 32.1. The highest BCUT2D eigenvalue weighted by Gasteiger charge is 2.34. The highest BCUT2D eigenvalue weighted by molar-refractivity contribution is 7.71. The topological polar surface area (TPSA) is 281 Å². The van der Waals surface area contributed by atoms with Crippen LogP contribution in [-0.2, 0) is 64.5 Å². The number of likely N-dealkylation sites (N-methyl/N-ethyl adjacent to an activating group) is 1. The molecule has 0 aliphatic carbocycles. The lowest BCUT2D eigenvalue weighted by Crippen LogP contribution is -2.39. The molecule has 7 amide bonds. The highest BCUT2D eigenvalue weighted by Crippen LogP contribution is 2.44. The normalized spacial score (nSPS) is 15.0. The number of likely N-dealkylation sites (tertiary alicyclic amines) is 1. The zero-order valence-corrected chi connectivity index (χ0v) is 43.0. The molecule has 6 heterocycles. The second-order valence-corrected chi connectivity index (χ2v) is 18.3. The maximum Gasteiger partial charge on any atom is 0.407 e. The van der Waals surface area contributed by atoms with E-state index in [1.807, 2.05) is 29.7 Å². The summed E-state index contributed by atoms with van der Waals surface area (Å²) in [6.45, 7) is 7.88. The van der Waals surface area contributed by atoms with Crippen LogP contribution in [0.25, 0.3) is 22.3 Å². The Bertz CT molecular complexity index is 2790. The van der Waals surface area contributed by atoms with E-state index in [4.69, 9.17) is 41.9 Å². The molecular formula is C52H65N9O12S. The lowest BCUT2D eigenvalue weighted by molar-refractivity contribution is -0.148. The number of carbonyl (C=O) groups excluding carboxylic acids is 8. The van der Waals surface area contributed by atoms with Gasteiger partial charge in [-0.3, -0.25) is 28.9 Å². The number of unbranched alkanes of at least 4 members (excludes halogenated alkanes) is 2. The number of hydrogen-bond donors (Lipinski definition) is 6. The fourth-order valence-electron chi connectivity index (χ4n) is 8.82. The number of carbonyl (C=O) groups is 8. The summed E-state index contributed by atoms with van der Waals surface area (Å²) >= 11 is 5.95. The monoisotopic (exact) mass is 1040 g/mol. The van der Waals surface area contributed by atoms with Crippen molar-refractivity contribution in [2.75, 3.05) is 38.8 Å². The Labute approximate surface area is 433 Å². The van der Waals surface area contributed by atoms with Crippen molar-refractivity contribution < 1.29 is 57.3 Å². The molecule has 7 N–H and O–H groups in total. The molecule has 4 aromatic rings. The molecule has 0 radical (unpaired) electrons. The molecule has 0 spiro atoms. The second-order valence-electron chi connectivity index (χ2n) is 17.9. The molecule has 396 valence electrons. The molecule has 2 unspecified atom stereocenters. The molecule has 4 aliphatic rings. The van der Waals surface area contributed by atoms with E-state index in [0.717, 1.165) is 57.4 Å². The summed E-state index contributed by atoms with van der Waals surface area (Å²) in [6.07, 6.45) is 6.16. The molecule has 0 bridgehead atoms. The number of nitrogens with zero attached hydrogens (tertiary/aromatic N) is 3. The third kappa shape index (κ3) is 14.2. The van der Waals surface area contributed by atoms with Crippen LogP contribution in [0.4, 0.5) is 15.3 Å². The predicted octanol–water partition coefficient (Wildman–Crippen LogP) is 5.90. The molecule has 2 atom stereocenters. The number of cyclic esters (lactones) is 1. The Hall–Kier alpha value is -7.46. The Morgan fingerprint density at radius 1 is 0.919 bits per heavy atom. The Morgan fingerprint density at radius 2 is 1.64 bits per heavy atom. The summed E-state index contributed by atoms with van der Waals surface area (Å²) in [5, 5.41) is 14.5. The van der Waals surface area contributed by atoms with Crippen molar-refractivity contribution in [3.05, 3.63) is 74.9 Å². The Kier molecular flexibility index (Phi) is 20.4. The molecule has 4 aliphatic heterocycles. The number of esters is 1. The zero-order valence-electron chi connectivity index (χ0n) is 42.2. The van der Waals surface area contributed by atoms with Gasteiger partial charge in [0, 0.05) is 67.2 Å². The summed E-state index contributed by atoms with van der Waals surface area (Å²) in [6, 6.07) is 11.7. The first-order valence-electron chi connectivity index (χ1n) is 24.9. The van der Waals surface area contributed by atoms with E-state index in [-0.39, 0.29) is 62.7 Å². The van der Waals surface area contributed by atoms with Crippen LogP contribution in [0.15, 0.2) is 42.5 Å². The molecular weight excluding hydrogens is 975 g/mol. The van der Waals surface area contributed by atoms with Crippen LogP contribution < -0.4 is 41.8 Å². The zero-order chi connectivity index (χ0) is 53.3. The number of aldehydes is 1. The molecule has 74 heavy (non-hydrogen) atoms. The van der Waals surface area contributed by atoms with E-state index in [0.29, 0.717) is 98.2 Å². The fourth-order valence-corrected chi connectivity index (χ4v) is 9.16. The fraction of sp³-hybridized carbons (Fsp3) is 0.462. The number of rotatable bonds is 20. The number of urea groups is 1. The third-order valence-corrected chi connectivity index (χ3v) is 13.0. The number of aromatic nitrogens is 2. The van der Waals surface area contributed by atoms with Gasteiger partial charge < -0.3 is 60.6 Å². The predicted molar refractivity (Wildman–Crippen MR) is 275 cm³/mol. The number of pyridine rings is 2. The largest absolute Gasteiger partial charge is 0.460 e. The van der Waals surface area contributed by atoms with E-state index >= 15 is 0 Å². The minimum absolute atomic E-state index is 0.00545. The van der Waals surface area contributed by atoms with Gasteiger partial charge >= 0.3 is 18.1 Å². The van der Waals surface area contributed by atoms with Crippen molar-refractivity contribution in [2.45, 2.75) is 123 Å². The van der Waals surface area contributed by atoms with Crippen molar-refractivity contribution >= 4 is 76.8 Å². The van der Waals surface area contributed by atoms with Gasteiger partial charge in [-0.2, -0.15) is 0 Å². The van der Waals surface area contributed by atoms with Crippen LogP contribution in [0.3, 0.4) is 0 Å². The molecule has 2 aromatic heterocycles. The molecule has 8 rings (SSSR count). The van der Waals surface area contributed by atoms with Gasteiger partial charge in [0.1, 0.15) is 24.1 Å². The lowest BCUT2D eigenvalue weighted by atomic mass is 9.90. The smallest absolute Gasteiger partial charge is 0.407 e. The van der Waals surface area contributed by atoms with Gasteiger partial charge in [0.25, 0.3) is 0 Å². The Balaban J connectivity index is 0.000000357. The van der Waals surface area contributed by atoms with Crippen LogP contribution in [0.2, 0.25) is 0 Å².